The fourth-order valence-electron chi connectivity index (χ4n) is 3.29. The second-order valence-corrected chi connectivity index (χ2v) is 9.67. The molecular formula is C22H30I-. The Bertz CT molecular complexity index is 669. The topological polar surface area (TPSA) is 0 Å². The van der Waals surface area contributed by atoms with Gasteiger partial charge in [-0.3, -0.25) is 0 Å². The summed E-state index contributed by atoms with van der Waals surface area (Å²) in [4.78, 5) is 0. The summed E-state index contributed by atoms with van der Waals surface area (Å²) in [6.45, 7) is 23.0. The third-order valence-corrected chi connectivity index (χ3v) is 10.3. The van der Waals surface area contributed by atoms with Gasteiger partial charge in [-0.2, -0.15) is 0 Å². The van der Waals surface area contributed by atoms with E-state index in [-0.39, 0.29) is 21.2 Å². The van der Waals surface area contributed by atoms with E-state index in [0.29, 0.717) is 0 Å². The van der Waals surface area contributed by atoms with Crippen molar-refractivity contribution in [2.24, 2.45) is 0 Å². The minimum absolute atomic E-state index is 0.151. The normalized spacial score (nSPS) is 11.4. The van der Waals surface area contributed by atoms with Crippen LogP contribution in [0.5, 0.6) is 0 Å². The van der Waals surface area contributed by atoms with E-state index in [1.165, 1.54) is 55.6 Å². The van der Waals surface area contributed by atoms with Crippen LogP contribution in [0.4, 0.5) is 0 Å². The first-order valence-electron chi connectivity index (χ1n) is 8.38. The molecule has 0 nitrogen and oxygen atoms in total. The summed E-state index contributed by atoms with van der Waals surface area (Å²) in [6.07, 6.45) is 0. The minimum atomic E-state index is -0.151. The van der Waals surface area contributed by atoms with E-state index >= 15 is 0 Å². The van der Waals surface area contributed by atoms with Gasteiger partial charge in [0.2, 0.25) is 0 Å². The number of halogens is 1. The Kier molecular flexibility index (Phi) is 5.30. The maximum absolute atomic E-state index is 2.32. The molecule has 0 heterocycles. The SMILES string of the molecule is Cc1c(C)c(C)c([I-]c2c(C)c(C)c(C)c(C)c2C)c(C)c1C. The van der Waals surface area contributed by atoms with Crippen molar-refractivity contribution < 1.29 is 21.2 Å². The summed E-state index contributed by atoms with van der Waals surface area (Å²) in [5.41, 5.74) is 15.0. The molecular weight excluding hydrogens is 391 g/mol. The fraction of sp³-hybridized carbons (Fsp3) is 0.455. The molecule has 0 atom stereocenters. The van der Waals surface area contributed by atoms with Crippen molar-refractivity contribution in [2.75, 3.05) is 0 Å². The number of benzene rings is 2. The molecule has 126 valence electrons. The molecule has 23 heavy (non-hydrogen) atoms. The van der Waals surface area contributed by atoms with Crippen LogP contribution >= 0.6 is 0 Å². The predicted octanol–water partition coefficient (Wildman–Crippen LogP) is 2.90. The molecule has 1 heteroatoms. The van der Waals surface area contributed by atoms with Gasteiger partial charge in [0.05, 0.1) is 0 Å². The molecule has 0 saturated heterocycles. The summed E-state index contributed by atoms with van der Waals surface area (Å²) in [7, 11) is 0. The van der Waals surface area contributed by atoms with Crippen molar-refractivity contribution in [1.82, 2.24) is 0 Å². The molecule has 0 spiro atoms. The zero-order valence-corrected chi connectivity index (χ0v) is 18.5. The zero-order chi connectivity index (χ0) is 17.6. The maximum atomic E-state index is 2.32. The monoisotopic (exact) mass is 421 g/mol. The standard InChI is InChI=1S/C22H30I/c1-11-13(3)17(7)21(18(8)14(11)4)23-22-19(9)15(5)12(2)16(6)20(22)10/h1-10H3/q-1. The molecule has 0 aliphatic rings. The van der Waals surface area contributed by atoms with E-state index in [4.69, 9.17) is 0 Å². The van der Waals surface area contributed by atoms with E-state index in [1.54, 1.807) is 7.14 Å². The van der Waals surface area contributed by atoms with Gasteiger partial charge in [-0.05, 0) is 0 Å². The first-order valence-corrected chi connectivity index (χ1v) is 10.5. The van der Waals surface area contributed by atoms with Crippen LogP contribution in [0.1, 0.15) is 55.6 Å². The molecule has 0 saturated carbocycles. The molecule has 0 aliphatic carbocycles. The first kappa shape index (κ1) is 18.5. The van der Waals surface area contributed by atoms with Gasteiger partial charge in [-0.1, -0.05) is 0 Å². The van der Waals surface area contributed by atoms with Crippen molar-refractivity contribution in [3.8, 4) is 0 Å². The van der Waals surface area contributed by atoms with Crippen molar-refractivity contribution in [2.45, 2.75) is 69.2 Å². The van der Waals surface area contributed by atoms with Crippen molar-refractivity contribution in [3.05, 3.63) is 62.8 Å². The second kappa shape index (κ2) is 6.58. The summed E-state index contributed by atoms with van der Waals surface area (Å²) in [5.74, 6) is 0. The Morgan fingerprint density at radius 2 is 0.478 bits per heavy atom. The Hall–Kier alpha value is -0.830. The van der Waals surface area contributed by atoms with E-state index in [9.17, 15) is 0 Å². The van der Waals surface area contributed by atoms with Gasteiger partial charge in [-0.25, -0.2) is 0 Å². The van der Waals surface area contributed by atoms with Crippen LogP contribution in [0.3, 0.4) is 0 Å². The Morgan fingerprint density at radius 1 is 0.304 bits per heavy atom. The van der Waals surface area contributed by atoms with Gasteiger partial charge >= 0.3 is 153 Å². The molecule has 0 unspecified atom stereocenters. The van der Waals surface area contributed by atoms with E-state index in [0.717, 1.165) is 0 Å². The van der Waals surface area contributed by atoms with E-state index in [1.807, 2.05) is 0 Å². The Labute approximate surface area is 153 Å². The average Bonchev–Trinajstić information content (AvgIpc) is 2.54. The summed E-state index contributed by atoms with van der Waals surface area (Å²) < 4.78 is 3.27. The van der Waals surface area contributed by atoms with Crippen LogP contribution in [0.25, 0.3) is 0 Å². The zero-order valence-electron chi connectivity index (χ0n) is 16.4. The van der Waals surface area contributed by atoms with Gasteiger partial charge in [0, 0.05) is 0 Å². The van der Waals surface area contributed by atoms with Gasteiger partial charge in [0.15, 0.2) is 0 Å². The molecule has 0 N–H and O–H groups in total. The van der Waals surface area contributed by atoms with Gasteiger partial charge in [0.1, 0.15) is 0 Å². The van der Waals surface area contributed by atoms with E-state index in [2.05, 4.69) is 69.2 Å². The molecule has 2 aromatic carbocycles. The fourth-order valence-corrected chi connectivity index (χ4v) is 7.06. The van der Waals surface area contributed by atoms with Crippen LogP contribution in [0.2, 0.25) is 0 Å². The molecule has 0 bridgehead atoms. The molecule has 0 fully saturated rings. The number of hydrogen-bond acceptors (Lipinski definition) is 0. The second-order valence-electron chi connectivity index (χ2n) is 6.97. The van der Waals surface area contributed by atoms with Crippen LogP contribution in [-0.2, 0) is 0 Å². The van der Waals surface area contributed by atoms with Gasteiger partial charge in [-0.15, -0.1) is 0 Å². The van der Waals surface area contributed by atoms with Crippen LogP contribution in [0.15, 0.2) is 0 Å². The van der Waals surface area contributed by atoms with Crippen molar-refractivity contribution in [3.63, 3.8) is 0 Å². The molecule has 0 amide bonds. The van der Waals surface area contributed by atoms with Crippen molar-refractivity contribution in [1.29, 1.82) is 0 Å². The first-order chi connectivity index (χ1) is 10.6. The predicted molar refractivity (Wildman–Crippen MR) is 97.6 cm³/mol. The van der Waals surface area contributed by atoms with Crippen LogP contribution < -0.4 is 21.2 Å². The molecule has 0 aliphatic heterocycles. The molecule has 0 aromatic heterocycles. The molecule has 0 radical (unpaired) electrons. The summed E-state index contributed by atoms with van der Waals surface area (Å²) in [5, 5.41) is 0. The quantitative estimate of drug-likeness (QED) is 0.655. The summed E-state index contributed by atoms with van der Waals surface area (Å²) in [6, 6.07) is 0. The van der Waals surface area contributed by atoms with Gasteiger partial charge in [0.25, 0.3) is 0 Å². The van der Waals surface area contributed by atoms with Crippen molar-refractivity contribution >= 4 is 0 Å². The van der Waals surface area contributed by atoms with Gasteiger partial charge < -0.3 is 0 Å². The number of hydrogen-bond donors (Lipinski definition) is 0. The van der Waals surface area contributed by atoms with Crippen LogP contribution in [-0.4, -0.2) is 0 Å². The average molecular weight is 421 g/mol. The number of rotatable bonds is 2. The Morgan fingerprint density at radius 3 is 0.696 bits per heavy atom. The third kappa shape index (κ3) is 2.97. The third-order valence-electron chi connectivity index (χ3n) is 6.01. The van der Waals surface area contributed by atoms with E-state index < -0.39 is 0 Å². The summed E-state index contributed by atoms with van der Waals surface area (Å²) >= 11 is -0.151. The molecule has 2 aromatic rings. The molecule has 2 rings (SSSR count). The Balaban J connectivity index is 2.71. The van der Waals surface area contributed by atoms with Crippen LogP contribution in [0, 0.1) is 76.4 Å².